The van der Waals surface area contributed by atoms with Gasteiger partial charge in [-0.2, -0.15) is 0 Å². The topological polar surface area (TPSA) is 36.0 Å². The fraction of sp³-hybridized carbons (Fsp3) is 0. The van der Waals surface area contributed by atoms with E-state index in [1.54, 1.807) is 12.3 Å². The molecule has 0 bridgehead atoms. The van der Waals surface area contributed by atoms with E-state index in [1.807, 2.05) is 6.07 Å². The quantitative estimate of drug-likeness (QED) is 0.545. The largest absolute Gasteiger partial charge is 0.355 e. The molecule has 2 nitrogen and oxygen atoms in total. The van der Waals surface area contributed by atoms with Gasteiger partial charge in [-0.05, 0) is 12.1 Å². The third-order valence-electron chi connectivity index (χ3n) is 0.668. The highest BCUT2D eigenvalue weighted by Crippen LogP contribution is 2.07. The van der Waals surface area contributed by atoms with Gasteiger partial charge < -0.3 is 9.54 Å². The molecule has 0 saturated heterocycles. The molecular formula is C4H5NOS. The van der Waals surface area contributed by atoms with Gasteiger partial charge in [0, 0.05) is 18.2 Å². The van der Waals surface area contributed by atoms with Gasteiger partial charge in [0.05, 0.1) is 5.03 Å². The first-order valence-electron chi connectivity index (χ1n) is 1.88. The molecule has 0 radical (unpaired) electrons. The third-order valence-corrected chi connectivity index (χ3v) is 1.12. The maximum atomic E-state index is 8.31. The maximum Gasteiger partial charge on any atom is 0.0998 e. The monoisotopic (exact) mass is 115 g/mol. The van der Waals surface area contributed by atoms with Gasteiger partial charge in [0.2, 0.25) is 0 Å². The number of nitrogens with one attached hydrogen (secondary N) is 1. The summed E-state index contributed by atoms with van der Waals surface area (Å²) in [5.74, 6) is 0. The average Bonchev–Trinajstić information content (AvgIpc) is 2.14. The molecule has 7 heavy (non-hydrogen) atoms. The average molecular weight is 115 g/mol. The Morgan fingerprint density at radius 1 is 1.71 bits per heavy atom. The molecule has 0 spiro atoms. The first-order valence-corrected chi connectivity index (χ1v) is 2.65. The van der Waals surface area contributed by atoms with Gasteiger partial charge in [-0.1, -0.05) is 0 Å². The van der Waals surface area contributed by atoms with E-state index in [0.29, 0.717) is 0 Å². The highest BCUT2D eigenvalue weighted by molar-refractivity contribution is 7.93. The summed E-state index contributed by atoms with van der Waals surface area (Å²) in [6.07, 6.45) is 1.76. The van der Waals surface area contributed by atoms with Crippen LogP contribution in [-0.4, -0.2) is 9.54 Å². The number of H-pyrrole nitrogens is 1. The SMILES string of the molecule is OSc1ccc[nH]1. The number of aromatic nitrogens is 1. The molecule has 1 aromatic rings. The second kappa shape index (κ2) is 2.04. The summed E-state index contributed by atoms with van der Waals surface area (Å²) in [6, 6.07) is 3.63. The van der Waals surface area contributed by atoms with Gasteiger partial charge in [0.1, 0.15) is 0 Å². The van der Waals surface area contributed by atoms with Crippen LogP contribution < -0.4 is 0 Å². The second-order valence-electron chi connectivity index (χ2n) is 1.13. The zero-order valence-corrected chi connectivity index (χ0v) is 4.40. The Morgan fingerprint density at radius 3 is 2.86 bits per heavy atom. The predicted molar refractivity (Wildman–Crippen MR) is 29.3 cm³/mol. The molecule has 2 N–H and O–H groups in total. The zero-order valence-electron chi connectivity index (χ0n) is 3.59. The minimum absolute atomic E-state index is 0.720. The molecule has 0 aliphatic rings. The van der Waals surface area contributed by atoms with E-state index >= 15 is 0 Å². The number of hydrogen-bond donors (Lipinski definition) is 2. The Hall–Kier alpha value is -0.410. The van der Waals surface area contributed by atoms with Crippen LogP contribution in [0, 0.1) is 0 Å². The molecule has 1 aromatic heterocycles. The highest BCUT2D eigenvalue weighted by Gasteiger charge is 1.83. The Morgan fingerprint density at radius 2 is 2.57 bits per heavy atom. The van der Waals surface area contributed by atoms with Gasteiger partial charge >= 0.3 is 0 Å². The minimum atomic E-state index is 0.720. The first-order chi connectivity index (χ1) is 3.43. The van der Waals surface area contributed by atoms with Crippen LogP contribution in [-0.2, 0) is 0 Å². The molecule has 0 atom stereocenters. The van der Waals surface area contributed by atoms with E-state index in [2.05, 4.69) is 4.98 Å². The second-order valence-corrected chi connectivity index (χ2v) is 1.75. The maximum absolute atomic E-state index is 8.31. The summed E-state index contributed by atoms with van der Waals surface area (Å²) in [4.78, 5) is 2.80. The number of rotatable bonds is 1. The molecule has 0 unspecified atom stereocenters. The molecular weight excluding hydrogens is 110 g/mol. The first kappa shape index (κ1) is 4.74. The summed E-state index contributed by atoms with van der Waals surface area (Å²) in [5, 5.41) is 0.778. The molecule has 0 aliphatic heterocycles. The van der Waals surface area contributed by atoms with Gasteiger partial charge in [-0.25, -0.2) is 0 Å². The minimum Gasteiger partial charge on any atom is -0.355 e. The van der Waals surface area contributed by atoms with Crippen LogP contribution >= 0.6 is 12.0 Å². The Bertz CT molecular complexity index is 126. The fourth-order valence-corrected chi connectivity index (χ4v) is 0.631. The van der Waals surface area contributed by atoms with Crippen molar-refractivity contribution in [2.75, 3.05) is 0 Å². The lowest BCUT2D eigenvalue weighted by molar-refractivity contribution is 0.661. The van der Waals surface area contributed by atoms with Crippen LogP contribution in [0.4, 0.5) is 0 Å². The molecule has 1 rings (SSSR count). The van der Waals surface area contributed by atoms with Crippen LogP contribution in [0.2, 0.25) is 0 Å². The lowest BCUT2D eigenvalue weighted by Gasteiger charge is -1.79. The summed E-state index contributed by atoms with van der Waals surface area (Å²) < 4.78 is 8.31. The third kappa shape index (κ3) is 0.976. The van der Waals surface area contributed by atoms with Crippen LogP contribution in [0.1, 0.15) is 0 Å². The molecule has 0 aromatic carbocycles. The van der Waals surface area contributed by atoms with Crippen LogP contribution in [0.3, 0.4) is 0 Å². The molecule has 38 valence electrons. The van der Waals surface area contributed by atoms with Gasteiger partial charge in [0.25, 0.3) is 0 Å². The summed E-state index contributed by atoms with van der Waals surface area (Å²) in [6.45, 7) is 0. The Balaban J connectivity index is 2.76. The molecule has 1 heterocycles. The molecule has 0 aliphatic carbocycles. The van der Waals surface area contributed by atoms with E-state index in [-0.39, 0.29) is 0 Å². The fourth-order valence-electron chi connectivity index (χ4n) is 0.371. The number of aromatic amines is 1. The van der Waals surface area contributed by atoms with Crippen molar-refractivity contribution >= 4 is 12.0 Å². The van der Waals surface area contributed by atoms with E-state index in [0.717, 1.165) is 17.1 Å². The smallest absolute Gasteiger partial charge is 0.0998 e. The van der Waals surface area contributed by atoms with Crippen molar-refractivity contribution in [2.24, 2.45) is 0 Å². The van der Waals surface area contributed by atoms with E-state index in [4.69, 9.17) is 4.55 Å². The van der Waals surface area contributed by atoms with Crippen molar-refractivity contribution < 1.29 is 4.55 Å². The van der Waals surface area contributed by atoms with E-state index in [1.165, 1.54) is 0 Å². The summed E-state index contributed by atoms with van der Waals surface area (Å²) >= 11 is 0.720. The van der Waals surface area contributed by atoms with Crippen molar-refractivity contribution in [1.29, 1.82) is 0 Å². The molecule has 3 heteroatoms. The van der Waals surface area contributed by atoms with Crippen LogP contribution in [0.25, 0.3) is 0 Å². The zero-order chi connectivity index (χ0) is 5.11. The van der Waals surface area contributed by atoms with Crippen LogP contribution in [0.15, 0.2) is 23.4 Å². The van der Waals surface area contributed by atoms with Crippen molar-refractivity contribution in [3.05, 3.63) is 18.3 Å². The predicted octanol–water partition coefficient (Wildman–Crippen LogP) is 1.58. The van der Waals surface area contributed by atoms with E-state index < -0.39 is 0 Å². The van der Waals surface area contributed by atoms with Gasteiger partial charge in [-0.15, -0.1) is 0 Å². The van der Waals surface area contributed by atoms with Crippen molar-refractivity contribution in [2.45, 2.75) is 5.03 Å². The highest BCUT2D eigenvalue weighted by atomic mass is 32.2. The Labute approximate surface area is 45.8 Å². The summed E-state index contributed by atoms with van der Waals surface area (Å²) in [7, 11) is 0. The van der Waals surface area contributed by atoms with Crippen molar-refractivity contribution in [1.82, 2.24) is 4.98 Å². The standard InChI is InChI=1S/C4H5NOS/c6-7-4-2-1-3-5-4/h1-3,5-6H. The van der Waals surface area contributed by atoms with E-state index in [9.17, 15) is 0 Å². The lowest BCUT2D eigenvalue weighted by atomic mass is 10.7. The molecule has 0 fully saturated rings. The molecule has 0 amide bonds. The van der Waals surface area contributed by atoms with Gasteiger partial charge in [0.15, 0.2) is 0 Å². The molecule has 0 saturated carbocycles. The normalized spacial score (nSPS) is 9.29. The van der Waals surface area contributed by atoms with Crippen LogP contribution in [0.5, 0.6) is 0 Å². The van der Waals surface area contributed by atoms with Crippen molar-refractivity contribution in [3.8, 4) is 0 Å². The van der Waals surface area contributed by atoms with Gasteiger partial charge in [-0.3, -0.25) is 0 Å². The van der Waals surface area contributed by atoms with Crippen molar-refractivity contribution in [3.63, 3.8) is 0 Å². The Kier molecular flexibility index (Phi) is 1.38. The number of hydrogen-bond acceptors (Lipinski definition) is 2. The summed E-state index contributed by atoms with van der Waals surface area (Å²) in [5.41, 5.74) is 0. The lowest BCUT2D eigenvalue weighted by Crippen LogP contribution is -1.60.